The van der Waals surface area contributed by atoms with Crippen molar-refractivity contribution in [2.24, 2.45) is 5.41 Å². The maximum Gasteiger partial charge on any atom is 0.325 e. The number of carbonyl (C=O) groups excluding carboxylic acids is 1. The lowest BCUT2D eigenvalue weighted by atomic mass is 9.70. The van der Waals surface area contributed by atoms with Crippen molar-refractivity contribution in [2.75, 3.05) is 6.61 Å². The zero-order valence-corrected chi connectivity index (χ0v) is 22.4. The van der Waals surface area contributed by atoms with Crippen molar-refractivity contribution in [1.82, 2.24) is 5.32 Å². The Labute approximate surface area is 209 Å². The maximum absolute atomic E-state index is 12.6. The molecule has 3 N–H and O–H groups in total. The van der Waals surface area contributed by atoms with Gasteiger partial charge in [0.05, 0.1) is 6.10 Å². The van der Waals surface area contributed by atoms with E-state index in [1.807, 2.05) is 52.8 Å². The van der Waals surface area contributed by atoms with Crippen molar-refractivity contribution in [2.45, 2.75) is 85.8 Å². The largest absolute Gasteiger partial charge is 0.491 e. The van der Waals surface area contributed by atoms with Gasteiger partial charge in [-0.1, -0.05) is 58.9 Å². The van der Waals surface area contributed by atoms with Crippen molar-refractivity contribution in [1.29, 1.82) is 0 Å². The number of nitrogens with one attached hydrogen (secondary N) is 1. The van der Waals surface area contributed by atoms with Gasteiger partial charge < -0.3 is 20.3 Å². The van der Waals surface area contributed by atoms with Crippen molar-refractivity contribution >= 4 is 11.9 Å². The zero-order chi connectivity index (χ0) is 26.6. The summed E-state index contributed by atoms with van der Waals surface area (Å²) in [4.78, 5) is 23.7. The standard InChI is InChI=1S/C29H41NO5/c1-9-29(10-2,21-11-13-23(18(3)15-21)26(32)30-20(5)27(33)34)22-12-14-24(19(4)16-22)35-17-25(31)28(6,7)8/h11-16,20,25,31H,9-10,17H2,1-8H3,(H,30,32)(H,33,34)/t20-,25?/m1/s1. The van der Waals surface area contributed by atoms with Gasteiger partial charge in [0.25, 0.3) is 5.91 Å². The van der Waals surface area contributed by atoms with E-state index < -0.39 is 24.0 Å². The zero-order valence-electron chi connectivity index (χ0n) is 22.4. The summed E-state index contributed by atoms with van der Waals surface area (Å²) in [6.45, 7) is 15.8. The molecule has 2 aromatic carbocycles. The van der Waals surface area contributed by atoms with Crippen LogP contribution in [-0.4, -0.2) is 40.8 Å². The third-order valence-corrected chi connectivity index (χ3v) is 7.07. The summed E-state index contributed by atoms with van der Waals surface area (Å²) in [5.74, 6) is -0.703. The molecular weight excluding hydrogens is 442 g/mol. The predicted octanol–water partition coefficient (Wildman–Crippen LogP) is 5.40. The van der Waals surface area contributed by atoms with Crippen LogP contribution in [0.4, 0.5) is 0 Å². The number of ether oxygens (including phenoxy) is 1. The Hall–Kier alpha value is -2.86. The van der Waals surface area contributed by atoms with Gasteiger partial charge >= 0.3 is 5.97 Å². The highest BCUT2D eigenvalue weighted by atomic mass is 16.5. The molecule has 2 aromatic rings. The second-order valence-corrected chi connectivity index (χ2v) is 10.5. The van der Waals surface area contributed by atoms with E-state index in [1.165, 1.54) is 12.5 Å². The molecule has 0 saturated carbocycles. The number of carboxylic acids is 1. The van der Waals surface area contributed by atoms with E-state index in [9.17, 15) is 14.7 Å². The van der Waals surface area contributed by atoms with Crippen LogP contribution in [-0.2, 0) is 10.2 Å². The van der Waals surface area contributed by atoms with Crippen LogP contribution in [0.2, 0.25) is 0 Å². The summed E-state index contributed by atoms with van der Waals surface area (Å²) in [5, 5.41) is 21.9. The van der Waals surface area contributed by atoms with E-state index in [2.05, 4.69) is 31.3 Å². The minimum Gasteiger partial charge on any atom is -0.491 e. The smallest absolute Gasteiger partial charge is 0.325 e. The van der Waals surface area contributed by atoms with Gasteiger partial charge in [-0.15, -0.1) is 0 Å². The molecule has 0 fully saturated rings. The predicted molar refractivity (Wildman–Crippen MR) is 139 cm³/mol. The van der Waals surface area contributed by atoms with Crippen molar-refractivity contribution in [3.05, 3.63) is 64.2 Å². The van der Waals surface area contributed by atoms with E-state index in [-0.39, 0.29) is 17.4 Å². The van der Waals surface area contributed by atoms with Crippen LogP contribution in [0.25, 0.3) is 0 Å². The Morgan fingerprint density at radius 1 is 0.971 bits per heavy atom. The number of hydrogen-bond donors (Lipinski definition) is 3. The molecule has 35 heavy (non-hydrogen) atoms. The molecule has 0 radical (unpaired) electrons. The van der Waals surface area contributed by atoms with Crippen LogP contribution < -0.4 is 10.1 Å². The van der Waals surface area contributed by atoms with E-state index in [1.54, 1.807) is 6.07 Å². The van der Waals surface area contributed by atoms with Crippen LogP contribution in [0, 0.1) is 19.3 Å². The number of benzene rings is 2. The highest BCUT2D eigenvalue weighted by molar-refractivity contribution is 5.97. The Balaban J connectivity index is 2.37. The SMILES string of the molecule is CCC(CC)(c1ccc(OCC(O)C(C)(C)C)c(C)c1)c1ccc(C(=O)N[C@H](C)C(=O)O)c(C)c1. The lowest BCUT2D eigenvalue weighted by Gasteiger charge is -2.34. The Kier molecular flexibility index (Phi) is 9.12. The third kappa shape index (κ3) is 6.43. The molecule has 0 spiro atoms. The Bertz CT molecular complexity index is 1050. The van der Waals surface area contributed by atoms with Gasteiger partial charge in [-0.2, -0.15) is 0 Å². The average molecular weight is 484 g/mol. The maximum atomic E-state index is 12.6. The van der Waals surface area contributed by atoms with Gasteiger partial charge in [0.1, 0.15) is 18.4 Å². The van der Waals surface area contributed by atoms with Gasteiger partial charge in [0.15, 0.2) is 0 Å². The van der Waals surface area contributed by atoms with Gasteiger partial charge in [0, 0.05) is 11.0 Å². The molecule has 0 saturated heterocycles. The second-order valence-electron chi connectivity index (χ2n) is 10.5. The monoisotopic (exact) mass is 483 g/mol. The number of hydrogen-bond acceptors (Lipinski definition) is 4. The number of carbonyl (C=O) groups is 2. The molecular formula is C29H41NO5. The van der Waals surface area contributed by atoms with Crippen LogP contribution in [0.1, 0.15) is 87.0 Å². The quantitative estimate of drug-likeness (QED) is 0.421. The van der Waals surface area contributed by atoms with E-state index in [0.29, 0.717) is 5.56 Å². The average Bonchev–Trinajstić information content (AvgIpc) is 2.78. The Morgan fingerprint density at radius 2 is 1.51 bits per heavy atom. The van der Waals surface area contributed by atoms with Crippen molar-refractivity contribution in [3.8, 4) is 5.75 Å². The number of aliphatic hydroxyl groups excluding tert-OH is 1. The molecule has 0 aliphatic carbocycles. The van der Waals surface area contributed by atoms with E-state index >= 15 is 0 Å². The molecule has 0 aliphatic rings. The van der Waals surface area contributed by atoms with Crippen LogP contribution in [0.3, 0.4) is 0 Å². The van der Waals surface area contributed by atoms with Gasteiger partial charge in [-0.3, -0.25) is 9.59 Å². The molecule has 2 atom stereocenters. The molecule has 6 nitrogen and oxygen atoms in total. The molecule has 1 unspecified atom stereocenters. The number of carboxylic acid groups (broad SMARTS) is 1. The fourth-order valence-corrected chi connectivity index (χ4v) is 4.31. The number of amides is 1. The van der Waals surface area contributed by atoms with Gasteiger partial charge in [-0.25, -0.2) is 0 Å². The molecule has 1 amide bonds. The molecule has 0 bridgehead atoms. The first kappa shape index (κ1) is 28.4. The van der Waals surface area contributed by atoms with Gasteiger partial charge in [-0.05, 0) is 73.4 Å². The number of aryl methyl sites for hydroxylation is 2. The highest BCUT2D eigenvalue weighted by Gasteiger charge is 2.32. The normalized spacial score (nSPS) is 13.7. The van der Waals surface area contributed by atoms with Gasteiger partial charge in [0.2, 0.25) is 0 Å². The van der Waals surface area contributed by atoms with Crippen molar-refractivity contribution in [3.63, 3.8) is 0 Å². The highest BCUT2D eigenvalue weighted by Crippen LogP contribution is 2.41. The first-order chi connectivity index (χ1) is 16.3. The first-order valence-electron chi connectivity index (χ1n) is 12.3. The van der Waals surface area contributed by atoms with Crippen LogP contribution in [0.15, 0.2) is 36.4 Å². The van der Waals surface area contributed by atoms with E-state index in [4.69, 9.17) is 9.84 Å². The summed E-state index contributed by atoms with van der Waals surface area (Å²) in [6.07, 6.45) is 1.17. The third-order valence-electron chi connectivity index (χ3n) is 7.07. The number of rotatable bonds is 10. The number of aliphatic hydroxyl groups is 1. The summed E-state index contributed by atoms with van der Waals surface area (Å²) in [7, 11) is 0. The van der Waals surface area contributed by atoms with Crippen LogP contribution in [0.5, 0.6) is 5.75 Å². The fraction of sp³-hybridized carbons (Fsp3) is 0.517. The Morgan fingerprint density at radius 3 is 1.97 bits per heavy atom. The van der Waals surface area contributed by atoms with E-state index in [0.717, 1.165) is 35.3 Å². The molecule has 0 aromatic heterocycles. The minimum atomic E-state index is -1.07. The molecule has 192 valence electrons. The molecule has 0 heterocycles. The number of aliphatic carboxylic acids is 1. The molecule has 0 aliphatic heterocycles. The minimum absolute atomic E-state index is 0.236. The van der Waals surface area contributed by atoms with Crippen LogP contribution >= 0.6 is 0 Å². The lowest BCUT2D eigenvalue weighted by molar-refractivity contribution is -0.138. The summed E-state index contributed by atoms with van der Waals surface area (Å²) in [5.41, 5.74) is 4.06. The fourth-order valence-electron chi connectivity index (χ4n) is 4.31. The topological polar surface area (TPSA) is 95.9 Å². The summed E-state index contributed by atoms with van der Waals surface area (Å²) in [6, 6.07) is 11.0. The molecule has 2 rings (SSSR count). The summed E-state index contributed by atoms with van der Waals surface area (Å²) >= 11 is 0. The lowest BCUT2D eigenvalue weighted by Crippen LogP contribution is -2.38. The first-order valence-corrected chi connectivity index (χ1v) is 12.3. The van der Waals surface area contributed by atoms with Crippen molar-refractivity contribution < 1.29 is 24.5 Å². The summed E-state index contributed by atoms with van der Waals surface area (Å²) < 4.78 is 5.94. The molecule has 6 heteroatoms. The second kappa shape index (κ2) is 11.3.